The fourth-order valence-electron chi connectivity index (χ4n) is 1.91. The van der Waals surface area contributed by atoms with E-state index in [1.54, 1.807) is 13.0 Å². The summed E-state index contributed by atoms with van der Waals surface area (Å²) in [4.78, 5) is 23.1. The van der Waals surface area contributed by atoms with E-state index in [1.165, 1.54) is 10.6 Å². The molecule has 0 spiro atoms. The van der Waals surface area contributed by atoms with Gasteiger partial charge in [-0.1, -0.05) is 0 Å². The van der Waals surface area contributed by atoms with Gasteiger partial charge in [-0.2, -0.15) is 0 Å². The van der Waals surface area contributed by atoms with Gasteiger partial charge in [-0.25, -0.2) is 9.59 Å². The number of ether oxygens (including phenoxy) is 2. The number of aryl methyl sites for hydroxylation is 1. The molecule has 0 bridgehead atoms. The Labute approximate surface area is 95.0 Å². The molecule has 3 rings (SSSR count). The monoisotopic (exact) mass is 235 g/mol. The van der Waals surface area contributed by atoms with Gasteiger partial charge in [0.05, 0.1) is 10.9 Å². The van der Waals surface area contributed by atoms with Crippen LogP contribution in [0, 0.1) is 0 Å². The molecule has 0 atom stereocenters. The van der Waals surface area contributed by atoms with E-state index < -0.39 is 11.4 Å². The Hall–Kier alpha value is -2.24. The summed E-state index contributed by atoms with van der Waals surface area (Å²) in [6.07, 6.45) is 0. The average Bonchev–Trinajstić information content (AvgIpc) is 2.74. The number of fused-ring (bicyclic) bond motifs is 2. The first-order chi connectivity index (χ1) is 8.20. The number of benzene rings is 1. The Balaban J connectivity index is 2.49. The first-order valence-electron chi connectivity index (χ1n) is 5.18. The Kier molecular flexibility index (Phi) is 1.98. The van der Waals surface area contributed by atoms with Crippen LogP contribution in [0.5, 0.6) is 11.5 Å². The quantitative estimate of drug-likeness (QED) is 0.727. The van der Waals surface area contributed by atoms with Crippen molar-refractivity contribution >= 4 is 10.9 Å². The summed E-state index contributed by atoms with van der Waals surface area (Å²) >= 11 is 0. The highest BCUT2D eigenvalue weighted by atomic mass is 16.7. The third-order valence-electron chi connectivity index (χ3n) is 2.72. The number of hydrogen-bond acceptors (Lipinski definition) is 5. The highest BCUT2D eigenvalue weighted by molar-refractivity contribution is 5.82. The van der Waals surface area contributed by atoms with E-state index in [4.69, 9.17) is 9.47 Å². The first kappa shape index (κ1) is 9.95. The van der Waals surface area contributed by atoms with Crippen molar-refractivity contribution in [3.63, 3.8) is 0 Å². The highest BCUT2D eigenvalue weighted by Crippen LogP contribution is 2.34. The van der Waals surface area contributed by atoms with E-state index in [0.29, 0.717) is 28.9 Å². The van der Waals surface area contributed by atoms with Crippen molar-refractivity contribution in [3.8, 4) is 11.5 Å². The van der Waals surface area contributed by atoms with Crippen molar-refractivity contribution in [1.29, 1.82) is 0 Å². The molecule has 0 saturated carbocycles. The molecule has 2 heterocycles. The van der Waals surface area contributed by atoms with Gasteiger partial charge in [-0.15, -0.1) is 0 Å². The predicted octanol–water partition coefficient (Wildman–Crippen LogP) is 0.703. The van der Waals surface area contributed by atoms with Crippen molar-refractivity contribution < 1.29 is 13.9 Å². The third-order valence-corrected chi connectivity index (χ3v) is 2.72. The van der Waals surface area contributed by atoms with Gasteiger partial charge >= 0.3 is 11.4 Å². The zero-order valence-corrected chi connectivity index (χ0v) is 9.06. The number of nitrogens with zero attached hydrogens (tertiary/aromatic N) is 1. The molecule has 0 N–H and O–H groups in total. The molecule has 6 heteroatoms. The minimum Gasteiger partial charge on any atom is -0.454 e. The van der Waals surface area contributed by atoms with Crippen LogP contribution < -0.4 is 20.9 Å². The van der Waals surface area contributed by atoms with Crippen LogP contribution in [0.1, 0.15) is 6.92 Å². The maximum Gasteiger partial charge on any atom is 0.422 e. The molecule has 0 amide bonds. The molecule has 0 radical (unpaired) electrons. The van der Waals surface area contributed by atoms with Crippen LogP contribution >= 0.6 is 0 Å². The van der Waals surface area contributed by atoms with Gasteiger partial charge in [0.15, 0.2) is 11.5 Å². The van der Waals surface area contributed by atoms with Crippen LogP contribution in [0.3, 0.4) is 0 Å². The van der Waals surface area contributed by atoms with Gasteiger partial charge < -0.3 is 13.9 Å². The Morgan fingerprint density at radius 1 is 1.24 bits per heavy atom. The second-order valence-corrected chi connectivity index (χ2v) is 3.62. The fourth-order valence-corrected chi connectivity index (χ4v) is 1.91. The van der Waals surface area contributed by atoms with E-state index in [2.05, 4.69) is 4.42 Å². The van der Waals surface area contributed by atoms with Gasteiger partial charge in [-0.05, 0) is 6.92 Å². The van der Waals surface area contributed by atoms with Crippen LogP contribution in [0.2, 0.25) is 0 Å². The lowest BCUT2D eigenvalue weighted by atomic mass is 10.2. The molecule has 1 aromatic heterocycles. The largest absolute Gasteiger partial charge is 0.454 e. The summed E-state index contributed by atoms with van der Waals surface area (Å²) in [6, 6.07) is 3.16. The van der Waals surface area contributed by atoms with Crippen molar-refractivity contribution in [3.05, 3.63) is 33.1 Å². The normalized spacial score (nSPS) is 13.2. The van der Waals surface area contributed by atoms with Crippen LogP contribution in [-0.4, -0.2) is 11.4 Å². The zero-order valence-electron chi connectivity index (χ0n) is 9.06. The van der Waals surface area contributed by atoms with Crippen molar-refractivity contribution in [2.75, 3.05) is 6.79 Å². The minimum atomic E-state index is -0.663. The lowest BCUT2D eigenvalue weighted by Gasteiger charge is -2.06. The van der Waals surface area contributed by atoms with E-state index in [-0.39, 0.29) is 6.79 Å². The minimum absolute atomic E-state index is 0.118. The standard InChI is InChI=1S/C11H9NO5/c1-2-12-7-4-9-8(15-5-16-9)3-6(7)10(13)17-11(12)14/h3-4H,2,5H2,1H3. The van der Waals surface area contributed by atoms with E-state index in [1.807, 2.05) is 0 Å². The molecule has 6 nitrogen and oxygen atoms in total. The molecule has 1 aliphatic rings. The molecule has 0 aliphatic carbocycles. The summed E-state index contributed by atoms with van der Waals surface area (Å²) in [6.45, 7) is 2.33. The second-order valence-electron chi connectivity index (χ2n) is 3.62. The van der Waals surface area contributed by atoms with Crippen molar-refractivity contribution in [2.45, 2.75) is 13.5 Å². The molecular formula is C11H9NO5. The molecule has 17 heavy (non-hydrogen) atoms. The zero-order chi connectivity index (χ0) is 12.0. The van der Waals surface area contributed by atoms with Crippen LogP contribution in [0.25, 0.3) is 10.9 Å². The van der Waals surface area contributed by atoms with Crippen molar-refractivity contribution in [2.24, 2.45) is 0 Å². The summed E-state index contributed by atoms with van der Waals surface area (Å²) in [5.74, 6) is 0.361. The summed E-state index contributed by atoms with van der Waals surface area (Å²) < 4.78 is 16.4. The average molecular weight is 235 g/mol. The molecule has 88 valence electrons. The predicted molar refractivity (Wildman–Crippen MR) is 58.5 cm³/mol. The molecular weight excluding hydrogens is 226 g/mol. The topological polar surface area (TPSA) is 70.7 Å². The smallest absolute Gasteiger partial charge is 0.422 e. The third kappa shape index (κ3) is 1.33. The fraction of sp³-hybridized carbons (Fsp3) is 0.273. The number of aromatic nitrogens is 1. The van der Waals surface area contributed by atoms with Crippen LogP contribution in [0.4, 0.5) is 0 Å². The molecule has 0 unspecified atom stereocenters. The first-order valence-corrected chi connectivity index (χ1v) is 5.18. The number of rotatable bonds is 1. The highest BCUT2D eigenvalue weighted by Gasteiger charge is 2.18. The SMILES string of the molecule is CCn1c(=O)oc(=O)c2cc3c(cc21)OCO3. The van der Waals surface area contributed by atoms with Gasteiger partial charge in [-0.3, -0.25) is 4.57 Å². The molecule has 1 aromatic carbocycles. The Morgan fingerprint density at radius 3 is 2.65 bits per heavy atom. The Morgan fingerprint density at radius 2 is 1.94 bits per heavy atom. The van der Waals surface area contributed by atoms with Gasteiger partial charge in [0, 0.05) is 18.7 Å². The summed E-state index contributed by atoms with van der Waals surface area (Å²) in [5, 5.41) is 0.315. The maximum atomic E-state index is 11.6. The molecule has 2 aromatic rings. The van der Waals surface area contributed by atoms with Gasteiger partial charge in [0.1, 0.15) is 0 Å². The second kappa shape index (κ2) is 3.38. The van der Waals surface area contributed by atoms with Gasteiger partial charge in [0.25, 0.3) is 0 Å². The van der Waals surface area contributed by atoms with Crippen LogP contribution in [0.15, 0.2) is 26.1 Å². The van der Waals surface area contributed by atoms with E-state index in [9.17, 15) is 9.59 Å². The van der Waals surface area contributed by atoms with E-state index >= 15 is 0 Å². The summed E-state index contributed by atoms with van der Waals surface area (Å²) in [7, 11) is 0. The molecule has 0 saturated heterocycles. The summed E-state index contributed by atoms with van der Waals surface area (Å²) in [5.41, 5.74) is -0.161. The Bertz CT molecular complexity index is 712. The van der Waals surface area contributed by atoms with Crippen molar-refractivity contribution in [1.82, 2.24) is 4.57 Å². The van der Waals surface area contributed by atoms with E-state index in [0.717, 1.165) is 0 Å². The lowest BCUT2D eigenvalue weighted by Crippen LogP contribution is -2.24. The molecule has 1 aliphatic heterocycles. The molecule has 0 fully saturated rings. The maximum absolute atomic E-state index is 11.6. The van der Waals surface area contributed by atoms with Crippen LogP contribution in [-0.2, 0) is 6.54 Å². The lowest BCUT2D eigenvalue weighted by molar-refractivity contribution is 0.174. The number of hydrogen-bond donors (Lipinski definition) is 0. The van der Waals surface area contributed by atoms with Gasteiger partial charge in [0.2, 0.25) is 6.79 Å².